The molecule has 0 N–H and O–H groups in total. The normalized spacial score (nSPS) is 12.1. The Morgan fingerprint density at radius 2 is 1.12 bits per heavy atom. The van der Waals surface area contributed by atoms with Gasteiger partial charge in [-0.1, -0.05) is 103 Å². The Balaban J connectivity index is 1.15. The second-order valence-corrected chi connectivity index (χ2v) is 13.7. The molecular formula is C44H26N4S. The molecule has 5 heteroatoms. The lowest BCUT2D eigenvalue weighted by Crippen LogP contribution is -1.98. The van der Waals surface area contributed by atoms with Crippen LogP contribution in [0.4, 0.5) is 0 Å². The lowest BCUT2D eigenvalue weighted by Gasteiger charge is -2.09. The summed E-state index contributed by atoms with van der Waals surface area (Å²) in [5.74, 6) is 0.824. The van der Waals surface area contributed by atoms with Crippen molar-refractivity contribution in [2.75, 3.05) is 0 Å². The number of hydrogen-bond acceptors (Lipinski definition) is 3. The molecule has 0 atom stereocenters. The molecule has 228 valence electrons. The monoisotopic (exact) mass is 642 g/mol. The van der Waals surface area contributed by atoms with E-state index in [1.54, 1.807) is 11.3 Å². The van der Waals surface area contributed by atoms with Crippen LogP contribution in [0.25, 0.3) is 97.4 Å². The summed E-state index contributed by atoms with van der Waals surface area (Å²) in [5.41, 5.74) is 9.10. The molecule has 0 saturated carbocycles. The van der Waals surface area contributed by atoms with Crippen LogP contribution in [0.2, 0.25) is 0 Å². The van der Waals surface area contributed by atoms with Crippen molar-refractivity contribution < 1.29 is 0 Å². The lowest BCUT2D eigenvalue weighted by molar-refractivity contribution is 1.08. The van der Waals surface area contributed by atoms with Crippen LogP contribution in [-0.4, -0.2) is 19.1 Å². The smallest absolute Gasteiger partial charge is 0.157 e. The average Bonchev–Trinajstić information content (AvgIpc) is 3.82. The van der Waals surface area contributed by atoms with Crippen LogP contribution < -0.4 is 0 Å². The van der Waals surface area contributed by atoms with Gasteiger partial charge in [-0.15, -0.1) is 11.3 Å². The van der Waals surface area contributed by atoms with Crippen molar-refractivity contribution in [1.29, 1.82) is 0 Å². The summed E-state index contributed by atoms with van der Waals surface area (Å²) in [7, 11) is 0. The van der Waals surface area contributed by atoms with Gasteiger partial charge in [0.2, 0.25) is 0 Å². The van der Waals surface area contributed by atoms with E-state index < -0.39 is 0 Å². The van der Waals surface area contributed by atoms with Gasteiger partial charge in [-0.05, 0) is 70.4 Å². The van der Waals surface area contributed by atoms with E-state index in [9.17, 15) is 0 Å². The van der Waals surface area contributed by atoms with E-state index in [1.165, 1.54) is 59.0 Å². The molecular weight excluding hydrogens is 617 g/mol. The van der Waals surface area contributed by atoms with Crippen LogP contribution in [-0.2, 0) is 0 Å². The Kier molecular flexibility index (Phi) is 5.51. The third kappa shape index (κ3) is 3.85. The van der Waals surface area contributed by atoms with Gasteiger partial charge < -0.3 is 4.57 Å². The minimum atomic E-state index is 0.824. The molecule has 4 nitrogen and oxygen atoms in total. The summed E-state index contributed by atoms with van der Waals surface area (Å²) in [6, 6.07) is 54.6. The zero-order valence-electron chi connectivity index (χ0n) is 26.2. The summed E-state index contributed by atoms with van der Waals surface area (Å²) in [5, 5.41) is 8.50. The van der Waals surface area contributed by atoms with Gasteiger partial charge in [0.1, 0.15) is 10.3 Å². The lowest BCUT2D eigenvalue weighted by atomic mass is 10.0. The van der Waals surface area contributed by atoms with E-state index in [1.807, 2.05) is 6.20 Å². The fourth-order valence-electron chi connectivity index (χ4n) is 7.80. The van der Waals surface area contributed by atoms with Gasteiger partial charge >= 0.3 is 0 Å². The number of rotatable bonds is 3. The Morgan fingerprint density at radius 3 is 1.98 bits per heavy atom. The van der Waals surface area contributed by atoms with Gasteiger partial charge in [0, 0.05) is 37.3 Å². The summed E-state index contributed by atoms with van der Waals surface area (Å²) < 4.78 is 5.86. The van der Waals surface area contributed by atoms with Gasteiger partial charge in [-0.2, -0.15) is 0 Å². The molecule has 0 unspecified atom stereocenters. The fraction of sp³-hybridized carbons (Fsp3) is 0. The number of thiophene rings is 1. The highest BCUT2D eigenvalue weighted by atomic mass is 32.1. The first-order valence-electron chi connectivity index (χ1n) is 16.5. The summed E-state index contributed by atoms with van der Waals surface area (Å²) >= 11 is 1.71. The zero-order chi connectivity index (χ0) is 32.1. The van der Waals surface area contributed by atoms with Crippen LogP contribution in [0.15, 0.2) is 158 Å². The summed E-state index contributed by atoms with van der Waals surface area (Å²) in [6.45, 7) is 0. The van der Waals surface area contributed by atoms with Crippen molar-refractivity contribution in [1.82, 2.24) is 19.1 Å². The Morgan fingerprint density at radius 1 is 0.469 bits per heavy atom. The van der Waals surface area contributed by atoms with Gasteiger partial charge in [0.25, 0.3) is 0 Å². The molecule has 0 amide bonds. The van der Waals surface area contributed by atoms with Crippen molar-refractivity contribution in [2.45, 2.75) is 0 Å². The topological polar surface area (TPSA) is 35.6 Å². The largest absolute Gasteiger partial charge is 0.309 e. The number of para-hydroxylation sites is 3. The third-order valence-corrected chi connectivity index (χ3v) is 11.0. The maximum absolute atomic E-state index is 5.37. The number of hydrogen-bond donors (Lipinski definition) is 0. The minimum Gasteiger partial charge on any atom is -0.309 e. The highest BCUT2D eigenvalue weighted by molar-refractivity contribution is 7.25. The van der Waals surface area contributed by atoms with Crippen LogP contribution >= 0.6 is 11.3 Å². The standard InChI is InChI=1S/C44H26N4S/c1-2-11-30(12-3-1)47-36-16-8-7-15-33(36)35-24-28(19-22-38(35)47)29-18-21-34-32-14-6-9-17-37(32)48(39(34)25-29)41-26-45-44-43(46-41)42-31-13-5-4-10-27(31)20-23-40(42)49-44/h1-26H. The van der Waals surface area contributed by atoms with E-state index >= 15 is 0 Å². The Labute approximate surface area is 284 Å². The second kappa shape index (κ2) is 10.1. The fourth-order valence-corrected chi connectivity index (χ4v) is 8.81. The molecule has 0 saturated heterocycles. The SMILES string of the molecule is c1ccc(-n2c3ccccc3c3cc(-c4ccc5c6ccccc6n(-c6cnc7sc8ccc9ccccc9c8c7n6)c5c4)ccc32)cc1. The van der Waals surface area contributed by atoms with E-state index in [0.717, 1.165) is 38.4 Å². The van der Waals surface area contributed by atoms with E-state index in [4.69, 9.17) is 9.97 Å². The van der Waals surface area contributed by atoms with E-state index in [2.05, 4.69) is 161 Å². The molecule has 4 aromatic heterocycles. The molecule has 4 heterocycles. The predicted molar refractivity (Wildman–Crippen MR) is 207 cm³/mol. The van der Waals surface area contributed by atoms with Crippen molar-refractivity contribution in [3.63, 3.8) is 0 Å². The summed E-state index contributed by atoms with van der Waals surface area (Å²) in [4.78, 5) is 11.3. The van der Waals surface area contributed by atoms with Crippen LogP contribution in [0, 0.1) is 0 Å². The molecule has 0 aliphatic heterocycles. The van der Waals surface area contributed by atoms with E-state index in [0.29, 0.717) is 0 Å². The molecule has 7 aromatic carbocycles. The molecule has 0 fully saturated rings. The van der Waals surface area contributed by atoms with Crippen molar-refractivity contribution in [3.8, 4) is 22.6 Å². The molecule has 49 heavy (non-hydrogen) atoms. The predicted octanol–water partition coefficient (Wildman–Crippen LogP) is 11.9. The summed E-state index contributed by atoms with van der Waals surface area (Å²) in [6.07, 6.45) is 1.93. The van der Waals surface area contributed by atoms with Crippen molar-refractivity contribution >= 4 is 86.2 Å². The quantitative estimate of drug-likeness (QED) is 0.192. The molecule has 0 radical (unpaired) electrons. The Bertz CT molecular complexity index is 3110. The van der Waals surface area contributed by atoms with Crippen LogP contribution in [0.5, 0.6) is 0 Å². The first-order valence-corrected chi connectivity index (χ1v) is 17.3. The van der Waals surface area contributed by atoms with E-state index in [-0.39, 0.29) is 0 Å². The van der Waals surface area contributed by atoms with Crippen molar-refractivity contribution in [3.05, 3.63) is 158 Å². The molecule has 0 spiro atoms. The third-order valence-electron chi connectivity index (χ3n) is 9.98. The number of nitrogens with zero attached hydrogens (tertiary/aromatic N) is 4. The second-order valence-electron chi connectivity index (χ2n) is 12.6. The molecule has 0 bridgehead atoms. The zero-order valence-corrected chi connectivity index (χ0v) is 27.0. The van der Waals surface area contributed by atoms with Gasteiger partial charge in [-0.3, -0.25) is 4.57 Å². The van der Waals surface area contributed by atoms with Crippen molar-refractivity contribution in [2.24, 2.45) is 0 Å². The molecule has 11 rings (SSSR count). The van der Waals surface area contributed by atoms with Crippen LogP contribution in [0.3, 0.4) is 0 Å². The maximum atomic E-state index is 5.37. The van der Waals surface area contributed by atoms with Gasteiger partial charge in [-0.25, -0.2) is 9.97 Å². The number of benzene rings is 7. The first-order chi connectivity index (χ1) is 24.3. The number of aromatic nitrogens is 4. The molecule has 0 aliphatic rings. The molecule has 0 aliphatic carbocycles. The van der Waals surface area contributed by atoms with Gasteiger partial charge in [0.15, 0.2) is 5.82 Å². The first kappa shape index (κ1) is 26.7. The van der Waals surface area contributed by atoms with Crippen LogP contribution in [0.1, 0.15) is 0 Å². The highest BCUT2D eigenvalue weighted by Gasteiger charge is 2.18. The highest BCUT2D eigenvalue weighted by Crippen LogP contribution is 2.40. The maximum Gasteiger partial charge on any atom is 0.157 e. The molecule has 11 aromatic rings. The Hall–Kier alpha value is -6.30. The van der Waals surface area contributed by atoms with Gasteiger partial charge in [0.05, 0.1) is 28.3 Å². The average molecular weight is 643 g/mol. The minimum absolute atomic E-state index is 0.824. The number of fused-ring (bicyclic) bond motifs is 11.